The van der Waals surface area contributed by atoms with Crippen LogP contribution >= 0.6 is 35.3 Å². The molecule has 1 atom stereocenters. The molecule has 3 heterocycles. The van der Waals surface area contributed by atoms with Crippen molar-refractivity contribution in [1.82, 2.24) is 25.1 Å². The summed E-state index contributed by atoms with van der Waals surface area (Å²) in [6, 6.07) is 20.3. The smallest absolute Gasteiger partial charge is 0.173 e. The van der Waals surface area contributed by atoms with Crippen LogP contribution in [0.15, 0.2) is 66.0 Å². The molecule has 0 spiro atoms. The van der Waals surface area contributed by atoms with E-state index in [4.69, 9.17) is 16.3 Å². The van der Waals surface area contributed by atoms with Gasteiger partial charge in [0, 0.05) is 36.1 Å². The van der Waals surface area contributed by atoms with Crippen LogP contribution in [0.5, 0.6) is 5.75 Å². The number of benzene rings is 2. The van der Waals surface area contributed by atoms with Gasteiger partial charge in [-0.15, -0.1) is 28.8 Å². The summed E-state index contributed by atoms with van der Waals surface area (Å²) in [6.45, 7) is 4.17. The van der Waals surface area contributed by atoms with Crippen molar-refractivity contribution in [2.24, 2.45) is 0 Å². The molecule has 2 aromatic heterocycles. The number of halogens is 2. The third-order valence-electron chi connectivity index (χ3n) is 5.98. The van der Waals surface area contributed by atoms with E-state index in [1.54, 1.807) is 18.4 Å². The lowest BCUT2D eigenvalue weighted by Crippen LogP contribution is -2.48. The quantitative estimate of drug-likeness (QED) is 0.352. The van der Waals surface area contributed by atoms with E-state index in [2.05, 4.69) is 67.1 Å². The molecule has 1 unspecified atom stereocenters. The van der Waals surface area contributed by atoms with Crippen LogP contribution in [0.2, 0.25) is 5.02 Å². The lowest BCUT2D eigenvalue weighted by Gasteiger charge is -2.40. The van der Waals surface area contributed by atoms with Gasteiger partial charge in [0.15, 0.2) is 5.82 Å². The maximum atomic E-state index is 6.19. The number of rotatable bonds is 7. The minimum atomic E-state index is -0.0583. The Bertz CT molecular complexity index is 1180. The third-order valence-corrected chi connectivity index (χ3v) is 7.09. The highest BCUT2D eigenvalue weighted by Gasteiger charge is 2.31. The molecule has 178 valence electrons. The lowest BCUT2D eigenvalue weighted by atomic mass is 10.0. The van der Waals surface area contributed by atoms with Crippen molar-refractivity contribution in [1.29, 1.82) is 0 Å². The van der Waals surface area contributed by atoms with Gasteiger partial charge >= 0.3 is 0 Å². The van der Waals surface area contributed by atoms with Gasteiger partial charge in [-0.25, -0.2) is 4.68 Å². The molecule has 10 heteroatoms. The standard InChI is InChI=1S/C24H25ClN6OS.ClH/c1-32-22-7-3-2-6-21(22)29-12-14-30(15-13-29)23(18-8-10-19(25)11-9-18)24-26-27-28-31(24)17-20-5-4-16-33-20;/h2-11,16,23H,12-15,17H2,1H3;1H. The number of aromatic nitrogens is 4. The third kappa shape index (κ3) is 5.20. The first-order valence-electron chi connectivity index (χ1n) is 10.9. The van der Waals surface area contributed by atoms with Crippen LogP contribution in [0, 0.1) is 0 Å². The molecule has 1 fully saturated rings. The van der Waals surface area contributed by atoms with E-state index in [0.29, 0.717) is 6.54 Å². The van der Waals surface area contributed by atoms with Crippen LogP contribution in [0.3, 0.4) is 0 Å². The summed E-state index contributed by atoms with van der Waals surface area (Å²) >= 11 is 7.90. The highest BCUT2D eigenvalue weighted by molar-refractivity contribution is 7.09. The van der Waals surface area contributed by atoms with Gasteiger partial charge in [0.05, 0.1) is 25.4 Å². The Morgan fingerprint density at radius 3 is 2.47 bits per heavy atom. The average molecular weight is 517 g/mol. The van der Waals surface area contributed by atoms with Crippen LogP contribution in [0.4, 0.5) is 5.69 Å². The molecule has 1 aliphatic rings. The molecule has 0 N–H and O–H groups in total. The Kier molecular flexibility index (Phi) is 8.05. The number of para-hydroxylation sites is 2. The fourth-order valence-corrected chi connectivity index (χ4v) is 5.16. The number of thiophene rings is 1. The van der Waals surface area contributed by atoms with Gasteiger partial charge in [-0.3, -0.25) is 4.90 Å². The van der Waals surface area contributed by atoms with Gasteiger partial charge in [-0.05, 0) is 51.7 Å². The Hall–Kier alpha value is -2.65. The van der Waals surface area contributed by atoms with E-state index in [1.165, 1.54) is 4.88 Å². The van der Waals surface area contributed by atoms with E-state index in [-0.39, 0.29) is 18.4 Å². The molecule has 0 aliphatic carbocycles. The summed E-state index contributed by atoms with van der Waals surface area (Å²) in [5, 5.41) is 15.6. The van der Waals surface area contributed by atoms with E-state index in [9.17, 15) is 0 Å². The summed E-state index contributed by atoms with van der Waals surface area (Å²) in [6.07, 6.45) is 0. The topological polar surface area (TPSA) is 59.3 Å². The van der Waals surface area contributed by atoms with Crippen molar-refractivity contribution in [3.63, 3.8) is 0 Å². The molecule has 0 radical (unpaired) electrons. The Balaban J connectivity index is 0.00000274. The largest absolute Gasteiger partial charge is 0.495 e. The molecule has 0 saturated carbocycles. The molecule has 1 saturated heterocycles. The number of hydrogen-bond acceptors (Lipinski definition) is 7. The molecule has 1 aliphatic heterocycles. The zero-order chi connectivity index (χ0) is 22.6. The summed E-state index contributed by atoms with van der Waals surface area (Å²) in [5.41, 5.74) is 2.26. The number of anilines is 1. The number of methoxy groups -OCH3 is 1. The SMILES string of the molecule is COc1ccccc1N1CCN(C(c2ccc(Cl)cc2)c2nnnn2Cc2cccs2)CC1.Cl. The zero-order valence-electron chi connectivity index (χ0n) is 18.7. The maximum Gasteiger partial charge on any atom is 0.173 e. The van der Waals surface area contributed by atoms with Crippen LogP contribution in [-0.4, -0.2) is 58.4 Å². The summed E-state index contributed by atoms with van der Waals surface area (Å²) in [7, 11) is 1.72. The number of nitrogens with zero attached hydrogens (tertiary/aromatic N) is 6. The Morgan fingerprint density at radius 1 is 1.00 bits per heavy atom. The van der Waals surface area contributed by atoms with Crippen molar-refractivity contribution >= 4 is 41.0 Å². The number of tetrazole rings is 1. The van der Waals surface area contributed by atoms with Gasteiger partial charge in [-0.2, -0.15) is 0 Å². The van der Waals surface area contributed by atoms with Crippen LogP contribution < -0.4 is 9.64 Å². The van der Waals surface area contributed by atoms with Crippen molar-refractivity contribution < 1.29 is 4.74 Å². The Labute approximate surface area is 214 Å². The van der Waals surface area contributed by atoms with Crippen molar-refractivity contribution in [3.8, 4) is 5.75 Å². The van der Waals surface area contributed by atoms with E-state index in [1.807, 2.05) is 28.9 Å². The molecule has 34 heavy (non-hydrogen) atoms. The Morgan fingerprint density at radius 2 is 1.76 bits per heavy atom. The monoisotopic (exact) mass is 516 g/mol. The number of hydrogen-bond donors (Lipinski definition) is 0. The lowest BCUT2D eigenvalue weighted by molar-refractivity contribution is 0.201. The van der Waals surface area contributed by atoms with E-state index >= 15 is 0 Å². The molecular formula is C24H26Cl2N6OS. The highest BCUT2D eigenvalue weighted by Crippen LogP contribution is 2.33. The van der Waals surface area contributed by atoms with Crippen LogP contribution in [0.25, 0.3) is 0 Å². The molecule has 2 aromatic carbocycles. The van der Waals surface area contributed by atoms with Crippen LogP contribution in [0.1, 0.15) is 22.3 Å². The fourth-order valence-electron chi connectivity index (χ4n) is 4.35. The zero-order valence-corrected chi connectivity index (χ0v) is 21.1. The van der Waals surface area contributed by atoms with E-state index < -0.39 is 0 Å². The summed E-state index contributed by atoms with van der Waals surface area (Å²) < 4.78 is 7.50. The number of piperazine rings is 1. The second-order valence-electron chi connectivity index (χ2n) is 7.92. The first kappa shape index (κ1) is 24.5. The first-order chi connectivity index (χ1) is 16.2. The summed E-state index contributed by atoms with van der Waals surface area (Å²) in [5.74, 6) is 1.75. The molecular weight excluding hydrogens is 491 g/mol. The molecule has 5 rings (SSSR count). The van der Waals surface area contributed by atoms with Crippen molar-refractivity contribution in [2.75, 3.05) is 38.2 Å². The van der Waals surface area contributed by atoms with Gasteiger partial charge in [-0.1, -0.05) is 41.9 Å². The van der Waals surface area contributed by atoms with Crippen molar-refractivity contribution in [2.45, 2.75) is 12.6 Å². The van der Waals surface area contributed by atoms with Gasteiger partial charge in [0.1, 0.15) is 5.75 Å². The normalized spacial score (nSPS) is 15.1. The highest BCUT2D eigenvalue weighted by atomic mass is 35.5. The molecule has 0 amide bonds. The van der Waals surface area contributed by atoms with Gasteiger partial charge in [0.25, 0.3) is 0 Å². The second kappa shape index (κ2) is 11.2. The predicted molar refractivity (Wildman–Crippen MR) is 139 cm³/mol. The first-order valence-corrected chi connectivity index (χ1v) is 12.1. The van der Waals surface area contributed by atoms with Crippen LogP contribution in [-0.2, 0) is 6.54 Å². The molecule has 4 aromatic rings. The minimum Gasteiger partial charge on any atom is -0.495 e. The second-order valence-corrected chi connectivity index (χ2v) is 9.39. The van der Waals surface area contributed by atoms with Gasteiger partial charge in [0.2, 0.25) is 0 Å². The average Bonchev–Trinajstić information content (AvgIpc) is 3.54. The summed E-state index contributed by atoms with van der Waals surface area (Å²) in [4.78, 5) is 6.05. The van der Waals surface area contributed by atoms with Crippen molar-refractivity contribution in [3.05, 3.63) is 87.3 Å². The fraction of sp³-hybridized carbons (Fsp3) is 0.292. The minimum absolute atomic E-state index is 0. The molecule has 0 bridgehead atoms. The van der Waals surface area contributed by atoms with Gasteiger partial charge < -0.3 is 9.64 Å². The maximum absolute atomic E-state index is 6.19. The van der Waals surface area contributed by atoms with E-state index in [0.717, 1.165) is 54.0 Å². The number of ether oxygens (including phenoxy) is 1. The predicted octanol–water partition coefficient (Wildman–Crippen LogP) is 4.78. The molecule has 7 nitrogen and oxygen atoms in total.